The van der Waals surface area contributed by atoms with Gasteiger partial charge in [0, 0.05) is 5.92 Å². The number of carboxylic acids is 1. The van der Waals surface area contributed by atoms with Crippen LogP contribution in [0.4, 0.5) is 0 Å². The van der Waals surface area contributed by atoms with E-state index in [4.69, 9.17) is 0 Å². The van der Waals surface area contributed by atoms with Crippen molar-refractivity contribution in [3.63, 3.8) is 0 Å². The quantitative estimate of drug-likeness (QED) is 0.893. The van der Waals surface area contributed by atoms with Gasteiger partial charge < -0.3 is 10.4 Å². The van der Waals surface area contributed by atoms with E-state index in [2.05, 4.69) is 5.32 Å². The molecule has 1 amide bonds. The number of amides is 1. The molecule has 2 rings (SSSR count). The van der Waals surface area contributed by atoms with E-state index in [1.54, 1.807) is 24.3 Å². The van der Waals surface area contributed by atoms with Gasteiger partial charge in [0.25, 0.3) is 0 Å². The fourth-order valence-corrected chi connectivity index (χ4v) is 2.91. The maximum Gasteiger partial charge on any atom is 0.330 e. The minimum absolute atomic E-state index is 0.0455. The Kier molecular flexibility index (Phi) is 5.78. The van der Waals surface area contributed by atoms with Crippen LogP contribution in [0.25, 0.3) is 0 Å². The van der Waals surface area contributed by atoms with E-state index in [0.29, 0.717) is 5.56 Å². The van der Waals surface area contributed by atoms with Gasteiger partial charge in [-0.25, -0.2) is 4.79 Å². The lowest BCUT2D eigenvalue weighted by Gasteiger charge is -2.22. The molecule has 1 aliphatic carbocycles. The van der Waals surface area contributed by atoms with Crippen LogP contribution in [-0.4, -0.2) is 17.0 Å². The van der Waals surface area contributed by atoms with Gasteiger partial charge in [-0.05, 0) is 18.4 Å². The number of rotatable bonds is 4. The second kappa shape index (κ2) is 7.81. The smallest absolute Gasteiger partial charge is 0.330 e. The first-order valence-corrected chi connectivity index (χ1v) is 7.76. The Labute approximate surface area is 125 Å². The average Bonchev–Trinajstić information content (AvgIpc) is 2.44. The van der Waals surface area contributed by atoms with Crippen molar-refractivity contribution < 1.29 is 14.7 Å². The molecule has 0 saturated heterocycles. The summed E-state index contributed by atoms with van der Waals surface area (Å²) in [5.74, 6) is -1.18. The summed E-state index contributed by atoms with van der Waals surface area (Å²) in [6.45, 7) is 0. The number of hydrogen-bond donors (Lipinski definition) is 2. The molecule has 1 fully saturated rings. The molecule has 114 valence electrons. The summed E-state index contributed by atoms with van der Waals surface area (Å²) in [5.41, 5.74) is 0.615. The predicted molar refractivity (Wildman–Crippen MR) is 80.8 cm³/mol. The second-order valence-electron chi connectivity index (χ2n) is 5.73. The number of nitrogens with one attached hydrogen (secondary N) is 1. The largest absolute Gasteiger partial charge is 0.479 e. The van der Waals surface area contributed by atoms with Crippen molar-refractivity contribution >= 4 is 11.9 Å². The highest BCUT2D eigenvalue weighted by Gasteiger charge is 2.26. The molecule has 1 unspecified atom stereocenters. The van der Waals surface area contributed by atoms with Gasteiger partial charge in [0.05, 0.1) is 0 Å². The van der Waals surface area contributed by atoms with Crippen LogP contribution >= 0.6 is 0 Å². The predicted octanol–water partition coefficient (Wildman–Crippen LogP) is 3.29. The van der Waals surface area contributed by atoms with Crippen molar-refractivity contribution in [2.24, 2.45) is 5.92 Å². The molecule has 2 N–H and O–H groups in total. The number of benzene rings is 1. The lowest BCUT2D eigenvalue weighted by molar-refractivity contribution is -0.142. The Morgan fingerprint density at radius 1 is 1.00 bits per heavy atom. The second-order valence-corrected chi connectivity index (χ2v) is 5.73. The summed E-state index contributed by atoms with van der Waals surface area (Å²) in [5, 5.41) is 12.1. The van der Waals surface area contributed by atoms with Crippen molar-refractivity contribution in [1.29, 1.82) is 0 Å². The average molecular weight is 289 g/mol. The molecule has 1 atom stereocenters. The van der Waals surface area contributed by atoms with Gasteiger partial charge in [0.15, 0.2) is 6.04 Å². The molecule has 1 aliphatic rings. The third kappa shape index (κ3) is 4.59. The number of carbonyl (C=O) groups excluding carboxylic acids is 1. The summed E-state index contributed by atoms with van der Waals surface area (Å²) >= 11 is 0. The molecule has 0 aromatic heterocycles. The van der Waals surface area contributed by atoms with Crippen molar-refractivity contribution in [2.45, 2.75) is 51.0 Å². The SMILES string of the molecule is O=C(NC(C(=O)O)c1ccccc1)C1CCCCCCC1. The van der Waals surface area contributed by atoms with Crippen LogP contribution in [0, 0.1) is 5.92 Å². The molecule has 4 nitrogen and oxygen atoms in total. The fraction of sp³-hybridized carbons (Fsp3) is 0.529. The van der Waals surface area contributed by atoms with Gasteiger partial charge in [-0.1, -0.05) is 62.4 Å². The van der Waals surface area contributed by atoms with Gasteiger partial charge >= 0.3 is 5.97 Å². The molecule has 0 spiro atoms. The van der Waals surface area contributed by atoms with Crippen LogP contribution in [-0.2, 0) is 9.59 Å². The van der Waals surface area contributed by atoms with Gasteiger partial charge in [-0.3, -0.25) is 4.79 Å². The number of carboxylic acid groups (broad SMARTS) is 1. The van der Waals surface area contributed by atoms with Crippen LogP contribution in [0.15, 0.2) is 30.3 Å². The molecular weight excluding hydrogens is 266 g/mol. The Balaban J connectivity index is 2.02. The molecule has 0 aliphatic heterocycles. The van der Waals surface area contributed by atoms with E-state index < -0.39 is 12.0 Å². The van der Waals surface area contributed by atoms with Gasteiger partial charge in [0.1, 0.15) is 0 Å². The van der Waals surface area contributed by atoms with E-state index in [1.807, 2.05) is 6.07 Å². The lowest BCUT2D eigenvalue weighted by atomic mass is 9.90. The normalized spacial score (nSPS) is 18.3. The summed E-state index contributed by atoms with van der Waals surface area (Å²) in [7, 11) is 0. The molecule has 0 heterocycles. The first-order valence-electron chi connectivity index (χ1n) is 7.76. The first-order chi connectivity index (χ1) is 10.2. The van der Waals surface area contributed by atoms with E-state index in [1.165, 1.54) is 19.3 Å². The summed E-state index contributed by atoms with van der Waals surface area (Å²) < 4.78 is 0. The maximum atomic E-state index is 12.4. The lowest BCUT2D eigenvalue weighted by Crippen LogP contribution is -2.38. The molecule has 1 saturated carbocycles. The molecule has 1 aromatic rings. The van der Waals surface area contributed by atoms with Crippen LogP contribution in [0.2, 0.25) is 0 Å². The number of aliphatic carboxylic acids is 1. The number of carbonyl (C=O) groups is 2. The van der Waals surface area contributed by atoms with E-state index in [0.717, 1.165) is 25.7 Å². The highest BCUT2D eigenvalue weighted by atomic mass is 16.4. The van der Waals surface area contributed by atoms with Gasteiger partial charge in [0.2, 0.25) is 5.91 Å². The minimum atomic E-state index is -1.01. The third-order valence-electron chi connectivity index (χ3n) is 4.14. The fourth-order valence-electron chi connectivity index (χ4n) is 2.91. The highest BCUT2D eigenvalue weighted by molar-refractivity contribution is 5.85. The minimum Gasteiger partial charge on any atom is -0.479 e. The van der Waals surface area contributed by atoms with E-state index in [9.17, 15) is 14.7 Å². The van der Waals surface area contributed by atoms with Crippen molar-refractivity contribution in [3.8, 4) is 0 Å². The van der Waals surface area contributed by atoms with E-state index >= 15 is 0 Å². The molecule has 0 bridgehead atoms. The van der Waals surface area contributed by atoms with Crippen molar-refractivity contribution in [3.05, 3.63) is 35.9 Å². The standard InChI is InChI=1S/C17H23NO3/c19-16(14-11-5-2-1-3-6-12-14)18-15(17(20)21)13-9-7-4-8-10-13/h4,7-10,14-15H,1-3,5-6,11-12H2,(H,18,19)(H,20,21). The van der Waals surface area contributed by atoms with Crippen molar-refractivity contribution in [1.82, 2.24) is 5.32 Å². The van der Waals surface area contributed by atoms with Crippen LogP contribution < -0.4 is 5.32 Å². The Morgan fingerprint density at radius 2 is 1.57 bits per heavy atom. The zero-order chi connectivity index (χ0) is 15.1. The molecule has 21 heavy (non-hydrogen) atoms. The summed E-state index contributed by atoms with van der Waals surface area (Å²) in [6.07, 6.45) is 7.44. The molecule has 0 radical (unpaired) electrons. The maximum absolute atomic E-state index is 12.4. The third-order valence-corrected chi connectivity index (χ3v) is 4.14. The zero-order valence-corrected chi connectivity index (χ0v) is 12.3. The molecular formula is C17H23NO3. The topological polar surface area (TPSA) is 66.4 Å². The van der Waals surface area contributed by atoms with Crippen molar-refractivity contribution in [2.75, 3.05) is 0 Å². The Bertz CT molecular complexity index is 464. The highest BCUT2D eigenvalue weighted by Crippen LogP contribution is 2.23. The Hall–Kier alpha value is -1.84. The first kappa shape index (κ1) is 15.5. The number of hydrogen-bond acceptors (Lipinski definition) is 2. The Morgan fingerprint density at radius 3 is 2.14 bits per heavy atom. The van der Waals surface area contributed by atoms with Crippen LogP contribution in [0.1, 0.15) is 56.6 Å². The molecule has 1 aromatic carbocycles. The summed E-state index contributed by atoms with van der Waals surface area (Å²) in [6, 6.07) is 7.91. The van der Waals surface area contributed by atoms with Crippen LogP contribution in [0.3, 0.4) is 0 Å². The summed E-state index contributed by atoms with van der Waals surface area (Å²) in [4.78, 5) is 23.8. The van der Waals surface area contributed by atoms with Crippen LogP contribution in [0.5, 0.6) is 0 Å². The molecule has 4 heteroatoms. The zero-order valence-electron chi connectivity index (χ0n) is 12.3. The monoisotopic (exact) mass is 289 g/mol. The van der Waals surface area contributed by atoms with E-state index in [-0.39, 0.29) is 11.8 Å². The van der Waals surface area contributed by atoms with Gasteiger partial charge in [-0.2, -0.15) is 0 Å². The van der Waals surface area contributed by atoms with Gasteiger partial charge in [-0.15, -0.1) is 0 Å².